The van der Waals surface area contributed by atoms with Crippen LogP contribution in [0.5, 0.6) is 5.75 Å². The molecule has 154 valence electrons. The fraction of sp³-hybridized carbons (Fsp3) is 0.381. The Bertz CT molecular complexity index is 1140. The number of hydrogen-bond donors (Lipinski definition) is 0. The molecule has 2 aromatic carbocycles. The third-order valence-corrected chi connectivity index (χ3v) is 6.97. The lowest BCUT2D eigenvalue weighted by molar-refractivity contribution is -0.136. The van der Waals surface area contributed by atoms with Crippen LogP contribution in [-0.4, -0.2) is 63.6 Å². The van der Waals surface area contributed by atoms with E-state index in [1.54, 1.807) is 18.1 Å². The third kappa shape index (κ3) is 4.23. The highest BCUT2D eigenvalue weighted by Gasteiger charge is 2.34. The van der Waals surface area contributed by atoms with E-state index in [4.69, 9.17) is 13.9 Å². The summed E-state index contributed by atoms with van der Waals surface area (Å²) in [6, 6.07) is 12.8. The predicted molar refractivity (Wildman–Crippen MR) is 110 cm³/mol. The molecule has 0 radical (unpaired) electrons. The van der Waals surface area contributed by atoms with Gasteiger partial charge in [0.2, 0.25) is 0 Å². The molecule has 1 saturated heterocycles. The van der Waals surface area contributed by atoms with Gasteiger partial charge in [-0.15, -0.1) is 0 Å². The fourth-order valence-corrected chi connectivity index (χ4v) is 5.48. The Morgan fingerprint density at radius 3 is 2.72 bits per heavy atom. The smallest absolute Gasteiger partial charge is 0.260 e. The highest BCUT2D eigenvalue weighted by atomic mass is 32.2. The summed E-state index contributed by atoms with van der Waals surface area (Å²) in [6.07, 6.45) is 0.449. The first-order valence-corrected chi connectivity index (χ1v) is 11.3. The zero-order valence-electron chi connectivity index (χ0n) is 16.2. The first-order valence-electron chi connectivity index (χ1n) is 9.50. The summed E-state index contributed by atoms with van der Waals surface area (Å²) < 4.78 is 40.3. The van der Waals surface area contributed by atoms with Crippen molar-refractivity contribution in [2.24, 2.45) is 0 Å². The van der Waals surface area contributed by atoms with Crippen molar-refractivity contribution in [2.45, 2.75) is 12.5 Å². The molecule has 3 aromatic rings. The summed E-state index contributed by atoms with van der Waals surface area (Å²) in [5, 5.41) is 1.90. The van der Waals surface area contributed by atoms with Gasteiger partial charge in [-0.3, -0.25) is 4.79 Å². The summed E-state index contributed by atoms with van der Waals surface area (Å²) in [7, 11) is -1.54. The van der Waals surface area contributed by atoms with E-state index >= 15 is 0 Å². The quantitative estimate of drug-likeness (QED) is 0.587. The molecule has 1 aliphatic rings. The Hall–Kier alpha value is -2.58. The van der Waals surface area contributed by atoms with Crippen LogP contribution >= 0.6 is 0 Å². The van der Waals surface area contributed by atoms with E-state index in [1.165, 1.54) is 0 Å². The van der Waals surface area contributed by atoms with E-state index < -0.39 is 9.84 Å². The van der Waals surface area contributed by atoms with Crippen LogP contribution in [0.3, 0.4) is 0 Å². The highest BCUT2D eigenvalue weighted by Crippen LogP contribution is 2.31. The van der Waals surface area contributed by atoms with Crippen molar-refractivity contribution in [1.82, 2.24) is 4.90 Å². The normalized spacial score (nSPS) is 18.3. The number of carbonyl (C=O) groups excluding carboxylic acids is 1. The van der Waals surface area contributed by atoms with Gasteiger partial charge < -0.3 is 18.8 Å². The number of nitrogens with zero attached hydrogens (tertiary/aromatic N) is 1. The maximum absolute atomic E-state index is 12.8. The van der Waals surface area contributed by atoms with Crippen molar-refractivity contribution >= 4 is 37.7 Å². The third-order valence-electron chi connectivity index (χ3n) is 5.22. The Labute approximate surface area is 169 Å². The van der Waals surface area contributed by atoms with Crippen molar-refractivity contribution in [3.05, 3.63) is 42.5 Å². The minimum absolute atomic E-state index is 0.00454. The van der Waals surface area contributed by atoms with Gasteiger partial charge >= 0.3 is 0 Å². The predicted octanol–water partition coefficient (Wildman–Crippen LogP) is 2.63. The maximum atomic E-state index is 12.8. The number of fused-ring (bicyclic) bond motifs is 3. The molecule has 1 atom stereocenters. The number of carbonyl (C=O) groups is 1. The summed E-state index contributed by atoms with van der Waals surface area (Å²) in [4.78, 5) is 14.3. The van der Waals surface area contributed by atoms with Crippen LogP contribution in [0.4, 0.5) is 0 Å². The Kier molecular flexibility index (Phi) is 5.47. The van der Waals surface area contributed by atoms with Crippen molar-refractivity contribution in [3.8, 4) is 5.75 Å². The molecule has 0 bridgehead atoms. The summed E-state index contributed by atoms with van der Waals surface area (Å²) in [6.45, 7) is 0.515. The molecule has 4 rings (SSSR count). The molecule has 2 heterocycles. The number of methoxy groups -OCH3 is 1. The van der Waals surface area contributed by atoms with E-state index in [1.807, 2.05) is 36.4 Å². The molecule has 29 heavy (non-hydrogen) atoms. The van der Waals surface area contributed by atoms with E-state index in [-0.39, 0.29) is 30.1 Å². The molecule has 0 N–H and O–H groups in total. The number of benzene rings is 2. The van der Waals surface area contributed by atoms with Gasteiger partial charge in [-0.1, -0.05) is 18.2 Å². The molecule has 0 aliphatic carbocycles. The van der Waals surface area contributed by atoms with Crippen molar-refractivity contribution in [1.29, 1.82) is 0 Å². The second-order valence-electron chi connectivity index (χ2n) is 7.18. The fourth-order valence-electron chi connectivity index (χ4n) is 3.74. The van der Waals surface area contributed by atoms with Gasteiger partial charge in [-0.2, -0.15) is 0 Å². The van der Waals surface area contributed by atoms with Crippen LogP contribution in [0.1, 0.15) is 6.42 Å². The first kappa shape index (κ1) is 19.7. The molecule has 0 spiro atoms. The molecule has 7 nitrogen and oxygen atoms in total. The average molecular weight is 417 g/mol. The second-order valence-corrected chi connectivity index (χ2v) is 9.41. The van der Waals surface area contributed by atoms with E-state index in [2.05, 4.69) is 0 Å². The van der Waals surface area contributed by atoms with E-state index in [0.717, 1.165) is 21.9 Å². The number of furan rings is 1. The minimum Gasteiger partial charge on any atom is -0.484 e. The van der Waals surface area contributed by atoms with Crippen LogP contribution in [0, 0.1) is 0 Å². The standard InChI is InChI=1S/C21H23NO6S/c1-26-10-9-22(15-8-11-29(24,25)14-15)21(23)13-27-16-6-7-20-18(12-16)17-4-2-3-5-19(17)28-20/h2-7,12,15H,8-11,13-14H2,1H3/t15-/m0/s1. The topological polar surface area (TPSA) is 86.0 Å². The Morgan fingerprint density at radius 1 is 1.17 bits per heavy atom. The van der Waals surface area contributed by atoms with E-state index in [9.17, 15) is 13.2 Å². The monoisotopic (exact) mass is 417 g/mol. The molecule has 1 fully saturated rings. The average Bonchev–Trinajstić information content (AvgIpc) is 3.26. The molecule has 1 aromatic heterocycles. The maximum Gasteiger partial charge on any atom is 0.260 e. The number of sulfone groups is 1. The van der Waals surface area contributed by atoms with Gasteiger partial charge in [0.1, 0.15) is 16.9 Å². The number of ether oxygens (including phenoxy) is 2. The largest absolute Gasteiger partial charge is 0.484 e. The molecule has 8 heteroatoms. The minimum atomic E-state index is -3.09. The van der Waals surface area contributed by atoms with Crippen LogP contribution in [0.2, 0.25) is 0 Å². The lowest BCUT2D eigenvalue weighted by atomic mass is 10.1. The van der Waals surface area contributed by atoms with E-state index in [0.29, 0.717) is 25.3 Å². The zero-order valence-corrected chi connectivity index (χ0v) is 17.0. The van der Waals surface area contributed by atoms with Gasteiger partial charge in [-0.25, -0.2) is 8.42 Å². The second kappa shape index (κ2) is 8.04. The Morgan fingerprint density at radius 2 is 1.97 bits per heavy atom. The van der Waals surface area contributed by atoms with Crippen molar-refractivity contribution in [2.75, 3.05) is 38.4 Å². The number of hydrogen-bond acceptors (Lipinski definition) is 6. The molecule has 0 saturated carbocycles. The van der Waals surface area contributed by atoms with Gasteiger partial charge in [0.05, 0.1) is 18.1 Å². The van der Waals surface area contributed by atoms with Gasteiger partial charge in [0.25, 0.3) is 5.91 Å². The molecule has 1 amide bonds. The molecular weight excluding hydrogens is 394 g/mol. The molecule has 1 aliphatic heterocycles. The number of para-hydroxylation sites is 1. The molecular formula is C21H23NO6S. The van der Waals surface area contributed by atoms with Crippen LogP contribution in [0.25, 0.3) is 21.9 Å². The van der Waals surface area contributed by atoms with Gasteiger partial charge in [-0.05, 0) is 30.7 Å². The Balaban J connectivity index is 1.48. The van der Waals surface area contributed by atoms with Crippen molar-refractivity contribution in [3.63, 3.8) is 0 Å². The van der Waals surface area contributed by atoms with Gasteiger partial charge in [0, 0.05) is 30.5 Å². The van der Waals surface area contributed by atoms with Crippen LogP contribution in [0.15, 0.2) is 46.9 Å². The first-order chi connectivity index (χ1) is 14.0. The number of rotatable bonds is 7. The zero-order chi connectivity index (χ0) is 20.4. The summed E-state index contributed by atoms with van der Waals surface area (Å²) >= 11 is 0. The highest BCUT2D eigenvalue weighted by molar-refractivity contribution is 7.91. The van der Waals surface area contributed by atoms with Crippen molar-refractivity contribution < 1.29 is 27.1 Å². The van der Waals surface area contributed by atoms with Crippen LogP contribution in [-0.2, 0) is 19.4 Å². The van der Waals surface area contributed by atoms with Crippen LogP contribution < -0.4 is 4.74 Å². The number of amides is 1. The lowest BCUT2D eigenvalue weighted by Gasteiger charge is -2.28. The lowest BCUT2D eigenvalue weighted by Crippen LogP contribution is -2.45. The SMILES string of the molecule is COCCN(C(=O)COc1ccc2oc3ccccc3c2c1)[C@H]1CCS(=O)(=O)C1. The molecule has 0 unspecified atom stereocenters. The summed E-state index contributed by atoms with van der Waals surface area (Å²) in [5.41, 5.74) is 1.55. The summed E-state index contributed by atoms with van der Waals surface area (Å²) in [5.74, 6) is 0.416. The van der Waals surface area contributed by atoms with Gasteiger partial charge in [0.15, 0.2) is 16.4 Å².